The predicted octanol–water partition coefficient (Wildman–Crippen LogP) is 4.24. The zero-order valence-electron chi connectivity index (χ0n) is 20.0. The number of hydrogen-bond acceptors (Lipinski definition) is 7. The van der Waals surface area contributed by atoms with E-state index >= 15 is 0 Å². The molecule has 4 aromatic rings. The minimum absolute atomic E-state index is 0.0837. The summed E-state index contributed by atoms with van der Waals surface area (Å²) in [7, 11) is -3.19. The molecule has 2 fully saturated rings. The van der Waals surface area contributed by atoms with Gasteiger partial charge in [-0.1, -0.05) is 13.0 Å². The Hall–Kier alpha value is -3.66. The second-order valence-corrected chi connectivity index (χ2v) is 12.6. The number of hydrogen-bond donors (Lipinski definition) is 0. The lowest BCUT2D eigenvalue weighted by Crippen LogP contribution is -2.46. The molecule has 0 amide bonds. The van der Waals surface area contributed by atoms with Crippen LogP contribution in [0.1, 0.15) is 41.9 Å². The van der Waals surface area contributed by atoms with E-state index in [1.807, 2.05) is 6.07 Å². The van der Waals surface area contributed by atoms with E-state index in [9.17, 15) is 17.2 Å². The fraction of sp³-hybridized carbons (Fsp3) is 0.296. The van der Waals surface area contributed by atoms with Gasteiger partial charge < -0.3 is 0 Å². The third kappa shape index (κ3) is 2.96. The SMILES string of the molecule is CC12C3C[C@]1(c1ccnc(-c4ccc(CS(C)(=O)=O)nc4)n1)c1nnc(-c4c(F)cccc4F)cc1C32. The van der Waals surface area contributed by atoms with Gasteiger partial charge in [-0.2, -0.15) is 5.10 Å². The van der Waals surface area contributed by atoms with Crippen LogP contribution in [0.5, 0.6) is 0 Å². The number of fused-ring (bicyclic) bond motifs is 4. The molecule has 186 valence electrons. The van der Waals surface area contributed by atoms with Crippen molar-refractivity contribution in [3.8, 4) is 22.6 Å². The summed E-state index contributed by atoms with van der Waals surface area (Å²) < 4.78 is 52.0. The van der Waals surface area contributed by atoms with Gasteiger partial charge in [-0.3, -0.25) is 4.98 Å². The van der Waals surface area contributed by atoms with E-state index < -0.39 is 26.9 Å². The third-order valence-electron chi connectivity index (χ3n) is 8.52. The van der Waals surface area contributed by atoms with E-state index in [-0.39, 0.29) is 28.3 Å². The quantitative estimate of drug-likeness (QED) is 0.390. The maximum atomic E-state index is 14.4. The molecule has 10 heteroatoms. The summed E-state index contributed by atoms with van der Waals surface area (Å²) in [5.74, 6) is -0.280. The smallest absolute Gasteiger partial charge is 0.160 e. The molecule has 4 atom stereocenters. The van der Waals surface area contributed by atoms with Crippen molar-refractivity contribution in [2.24, 2.45) is 11.3 Å². The van der Waals surface area contributed by atoms with Gasteiger partial charge in [0, 0.05) is 24.2 Å². The van der Waals surface area contributed by atoms with Gasteiger partial charge in [0.05, 0.1) is 39.5 Å². The molecule has 3 heterocycles. The maximum Gasteiger partial charge on any atom is 0.160 e. The van der Waals surface area contributed by atoms with Crippen LogP contribution in [0, 0.1) is 23.0 Å². The first-order valence-corrected chi connectivity index (χ1v) is 14.0. The van der Waals surface area contributed by atoms with Gasteiger partial charge in [0.1, 0.15) is 11.6 Å². The molecule has 0 bridgehead atoms. The van der Waals surface area contributed by atoms with Gasteiger partial charge in [-0.15, -0.1) is 5.10 Å². The zero-order chi connectivity index (χ0) is 25.7. The van der Waals surface area contributed by atoms with E-state index in [0.29, 0.717) is 23.0 Å². The molecule has 3 aliphatic carbocycles. The van der Waals surface area contributed by atoms with Gasteiger partial charge in [0.25, 0.3) is 0 Å². The standard InChI is InChI=1S/C27H21F2N5O2S/c1-26-17-11-27(26,21-8-9-30-25(32-21)14-6-7-15(31-12-14)13-37(2,35)36)24-16(23(17)26)10-20(33-34-24)22-18(28)4-3-5-19(22)29/h3-10,12,17,23H,11,13H2,1-2H3/t17?,23?,26?,27-/m0/s1. The van der Waals surface area contributed by atoms with Gasteiger partial charge in [0.2, 0.25) is 0 Å². The van der Waals surface area contributed by atoms with Crippen LogP contribution in [0.25, 0.3) is 22.6 Å². The molecular formula is C27H21F2N5O2S. The molecule has 0 radical (unpaired) electrons. The molecule has 0 aliphatic heterocycles. The summed E-state index contributed by atoms with van der Waals surface area (Å²) in [4.78, 5) is 13.6. The van der Waals surface area contributed by atoms with E-state index in [0.717, 1.165) is 23.4 Å². The first-order chi connectivity index (χ1) is 17.6. The van der Waals surface area contributed by atoms with Crippen LogP contribution in [0.15, 0.2) is 54.9 Å². The first-order valence-electron chi connectivity index (χ1n) is 11.9. The van der Waals surface area contributed by atoms with Crippen LogP contribution in [-0.4, -0.2) is 39.8 Å². The summed E-state index contributed by atoms with van der Waals surface area (Å²) in [6, 6.07) is 10.9. The Labute approximate surface area is 212 Å². The molecule has 0 saturated heterocycles. The molecule has 37 heavy (non-hydrogen) atoms. The van der Waals surface area contributed by atoms with Crippen LogP contribution >= 0.6 is 0 Å². The molecule has 3 unspecified atom stereocenters. The average molecular weight is 518 g/mol. The molecule has 0 N–H and O–H groups in total. The van der Waals surface area contributed by atoms with Crippen LogP contribution in [0.2, 0.25) is 0 Å². The highest BCUT2D eigenvalue weighted by atomic mass is 32.2. The monoisotopic (exact) mass is 517 g/mol. The van der Waals surface area contributed by atoms with E-state index in [1.165, 1.54) is 24.5 Å². The molecular weight excluding hydrogens is 496 g/mol. The Kier molecular flexibility index (Phi) is 4.40. The van der Waals surface area contributed by atoms with Crippen molar-refractivity contribution in [2.75, 3.05) is 6.26 Å². The number of aromatic nitrogens is 5. The number of nitrogens with zero attached hydrogens (tertiary/aromatic N) is 5. The maximum absolute atomic E-state index is 14.4. The minimum atomic E-state index is -3.19. The van der Waals surface area contributed by atoms with Crippen molar-refractivity contribution in [1.29, 1.82) is 0 Å². The number of halogens is 2. The molecule has 2 saturated carbocycles. The summed E-state index contributed by atoms with van der Waals surface area (Å²) in [5.41, 5.74) is 3.27. The normalized spacial score (nSPS) is 26.8. The molecule has 1 aromatic carbocycles. The molecule has 3 aromatic heterocycles. The lowest BCUT2D eigenvalue weighted by molar-refractivity contribution is 0.159. The number of sulfone groups is 1. The highest BCUT2D eigenvalue weighted by Gasteiger charge is 2.87. The Morgan fingerprint density at radius 3 is 2.54 bits per heavy atom. The van der Waals surface area contributed by atoms with E-state index in [2.05, 4.69) is 27.1 Å². The van der Waals surface area contributed by atoms with Gasteiger partial charge in [-0.25, -0.2) is 27.2 Å². The Morgan fingerprint density at radius 2 is 1.84 bits per heavy atom. The average Bonchev–Trinajstić information content (AvgIpc) is 3.29. The summed E-state index contributed by atoms with van der Waals surface area (Å²) >= 11 is 0. The molecule has 3 aliphatic rings. The lowest BCUT2D eigenvalue weighted by atomic mass is 9.57. The van der Waals surface area contributed by atoms with Crippen LogP contribution < -0.4 is 0 Å². The third-order valence-corrected chi connectivity index (χ3v) is 9.34. The Balaban J connectivity index is 1.29. The molecule has 7 nitrogen and oxygen atoms in total. The Morgan fingerprint density at radius 1 is 1.05 bits per heavy atom. The van der Waals surface area contributed by atoms with Crippen molar-refractivity contribution in [3.63, 3.8) is 0 Å². The van der Waals surface area contributed by atoms with Crippen LogP contribution in [0.3, 0.4) is 0 Å². The number of pyridine rings is 1. The number of rotatable bonds is 5. The number of benzene rings is 1. The van der Waals surface area contributed by atoms with Crippen molar-refractivity contribution in [2.45, 2.75) is 30.4 Å². The fourth-order valence-electron chi connectivity index (χ4n) is 6.81. The second-order valence-electron chi connectivity index (χ2n) is 10.5. The Bertz CT molecular complexity index is 1710. The van der Waals surface area contributed by atoms with Gasteiger partial charge in [0.15, 0.2) is 15.7 Å². The fourth-order valence-corrected chi connectivity index (χ4v) is 7.52. The van der Waals surface area contributed by atoms with Gasteiger partial charge in [-0.05, 0) is 65.6 Å². The van der Waals surface area contributed by atoms with E-state index in [4.69, 9.17) is 4.98 Å². The first kappa shape index (κ1) is 22.5. The lowest BCUT2D eigenvalue weighted by Gasteiger charge is -2.46. The van der Waals surface area contributed by atoms with Crippen molar-refractivity contribution < 1.29 is 17.2 Å². The van der Waals surface area contributed by atoms with E-state index in [1.54, 1.807) is 30.6 Å². The highest BCUT2D eigenvalue weighted by molar-refractivity contribution is 7.89. The van der Waals surface area contributed by atoms with Crippen molar-refractivity contribution >= 4 is 9.84 Å². The molecule has 7 rings (SSSR count). The summed E-state index contributed by atoms with van der Waals surface area (Å²) in [6.45, 7) is 2.22. The largest absolute Gasteiger partial charge is 0.259 e. The highest BCUT2D eigenvalue weighted by Crippen LogP contribution is 2.90. The van der Waals surface area contributed by atoms with Crippen LogP contribution in [-0.2, 0) is 21.0 Å². The zero-order valence-corrected chi connectivity index (χ0v) is 20.8. The van der Waals surface area contributed by atoms with Gasteiger partial charge >= 0.3 is 0 Å². The van der Waals surface area contributed by atoms with Crippen molar-refractivity contribution in [3.05, 3.63) is 89.1 Å². The van der Waals surface area contributed by atoms with Crippen molar-refractivity contribution in [1.82, 2.24) is 25.1 Å². The molecule has 0 spiro atoms. The predicted molar refractivity (Wildman–Crippen MR) is 131 cm³/mol. The second kappa shape index (κ2) is 7.22. The summed E-state index contributed by atoms with van der Waals surface area (Å²) in [6.07, 6.45) is 5.34. The summed E-state index contributed by atoms with van der Waals surface area (Å²) in [5, 5.41) is 8.81. The van der Waals surface area contributed by atoms with Crippen LogP contribution in [0.4, 0.5) is 8.78 Å². The topological polar surface area (TPSA) is 98.6 Å². The minimum Gasteiger partial charge on any atom is -0.259 e.